The number of amides is 3. The van der Waals surface area contributed by atoms with Gasteiger partial charge in [0, 0.05) is 28.5 Å². The second kappa shape index (κ2) is 10.3. The Hall–Kier alpha value is -4.00. The van der Waals surface area contributed by atoms with Crippen LogP contribution < -0.4 is 10.6 Å². The molecule has 0 saturated heterocycles. The zero-order valence-electron chi connectivity index (χ0n) is 17.8. The van der Waals surface area contributed by atoms with E-state index in [4.69, 9.17) is 0 Å². The van der Waals surface area contributed by atoms with Gasteiger partial charge in [0.1, 0.15) is 12.4 Å². The van der Waals surface area contributed by atoms with Gasteiger partial charge in [-0.25, -0.2) is 4.39 Å². The first-order valence-corrected chi connectivity index (χ1v) is 10.2. The van der Waals surface area contributed by atoms with Crippen molar-refractivity contribution in [2.24, 2.45) is 0 Å². The van der Waals surface area contributed by atoms with Gasteiger partial charge in [-0.15, -0.1) is 0 Å². The van der Waals surface area contributed by atoms with Gasteiger partial charge in [0.05, 0.1) is 0 Å². The third kappa shape index (κ3) is 6.01. The molecule has 3 rings (SSSR count). The highest BCUT2D eigenvalue weighted by molar-refractivity contribution is 6.04. The molecule has 0 aromatic heterocycles. The van der Waals surface area contributed by atoms with E-state index in [0.717, 1.165) is 0 Å². The van der Waals surface area contributed by atoms with Crippen molar-refractivity contribution in [1.29, 1.82) is 0 Å². The molecular formula is C25H24FN3O3. The number of anilines is 2. The molecule has 0 aliphatic carbocycles. The Bertz CT molecular complexity index is 1080. The maximum Gasteiger partial charge on any atom is 0.255 e. The summed E-state index contributed by atoms with van der Waals surface area (Å²) in [7, 11) is 0. The predicted molar refractivity (Wildman–Crippen MR) is 122 cm³/mol. The molecule has 0 atom stereocenters. The smallest absolute Gasteiger partial charge is 0.255 e. The zero-order valence-corrected chi connectivity index (χ0v) is 17.8. The number of benzene rings is 3. The molecule has 6 nitrogen and oxygen atoms in total. The zero-order chi connectivity index (χ0) is 23.1. The summed E-state index contributed by atoms with van der Waals surface area (Å²) in [5.74, 6) is -1.34. The summed E-state index contributed by atoms with van der Waals surface area (Å²) in [6, 6.07) is 20.5. The van der Waals surface area contributed by atoms with Crippen molar-refractivity contribution in [3.8, 4) is 0 Å². The minimum absolute atomic E-state index is 0.152. The van der Waals surface area contributed by atoms with Crippen LogP contribution >= 0.6 is 0 Å². The van der Waals surface area contributed by atoms with E-state index in [2.05, 4.69) is 10.6 Å². The number of carbonyl (C=O) groups is 3. The molecule has 0 aliphatic heterocycles. The number of rotatable bonds is 7. The molecule has 0 heterocycles. The van der Waals surface area contributed by atoms with Gasteiger partial charge in [-0.3, -0.25) is 14.4 Å². The lowest BCUT2D eigenvalue weighted by Gasteiger charge is -2.26. The fourth-order valence-electron chi connectivity index (χ4n) is 3.03. The van der Waals surface area contributed by atoms with Gasteiger partial charge >= 0.3 is 0 Å². The largest absolute Gasteiger partial charge is 0.327 e. The lowest BCUT2D eigenvalue weighted by molar-refractivity contribution is -0.117. The van der Waals surface area contributed by atoms with Crippen LogP contribution in [0.25, 0.3) is 0 Å². The third-order valence-corrected chi connectivity index (χ3v) is 4.75. The Labute approximate surface area is 186 Å². The Morgan fingerprint density at radius 1 is 0.781 bits per heavy atom. The average molecular weight is 433 g/mol. The van der Waals surface area contributed by atoms with Crippen molar-refractivity contribution in [3.05, 3.63) is 95.8 Å². The second-order valence-electron chi connectivity index (χ2n) is 7.48. The fourth-order valence-corrected chi connectivity index (χ4v) is 3.03. The van der Waals surface area contributed by atoms with Gasteiger partial charge in [0.15, 0.2) is 0 Å². The summed E-state index contributed by atoms with van der Waals surface area (Å²) in [6.07, 6.45) is 0. The molecule has 32 heavy (non-hydrogen) atoms. The Balaban J connectivity index is 1.64. The van der Waals surface area contributed by atoms with E-state index < -0.39 is 5.82 Å². The van der Waals surface area contributed by atoms with E-state index in [9.17, 15) is 18.8 Å². The number of nitrogens with zero attached hydrogens (tertiary/aromatic N) is 1. The number of nitrogens with one attached hydrogen (secondary N) is 2. The Morgan fingerprint density at radius 3 is 1.94 bits per heavy atom. The molecule has 3 aromatic rings. The van der Waals surface area contributed by atoms with Crippen LogP contribution in [0.2, 0.25) is 0 Å². The molecule has 0 unspecified atom stereocenters. The van der Waals surface area contributed by atoms with Gasteiger partial charge in [0.2, 0.25) is 5.91 Å². The topological polar surface area (TPSA) is 78.5 Å². The maximum atomic E-state index is 13.0. The number of carbonyl (C=O) groups excluding carboxylic acids is 3. The van der Waals surface area contributed by atoms with Gasteiger partial charge < -0.3 is 15.5 Å². The van der Waals surface area contributed by atoms with E-state index in [0.29, 0.717) is 22.5 Å². The summed E-state index contributed by atoms with van der Waals surface area (Å²) < 4.78 is 13.0. The quantitative estimate of drug-likeness (QED) is 0.573. The van der Waals surface area contributed by atoms with Crippen molar-refractivity contribution in [2.45, 2.75) is 19.9 Å². The van der Waals surface area contributed by atoms with E-state index in [-0.39, 0.29) is 30.3 Å². The van der Waals surface area contributed by atoms with Crippen LogP contribution in [0.5, 0.6) is 0 Å². The third-order valence-electron chi connectivity index (χ3n) is 4.75. The molecule has 0 bridgehead atoms. The summed E-state index contributed by atoms with van der Waals surface area (Å²) in [4.78, 5) is 39.1. The molecule has 3 aromatic carbocycles. The standard InChI is InChI=1S/C25H24FN3O3/c1-17(2)29(16-23(30)27-21-14-10-20(26)11-15-21)25(32)19-8-12-22(13-9-19)28-24(31)18-6-4-3-5-7-18/h3-15,17H,16H2,1-2H3,(H,27,30)(H,28,31). The van der Waals surface area contributed by atoms with Crippen molar-refractivity contribution in [2.75, 3.05) is 17.2 Å². The number of hydrogen-bond acceptors (Lipinski definition) is 3. The van der Waals surface area contributed by atoms with Crippen LogP contribution in [0.4, 0.5) is 15.8 Å². The molecule has 0 spiro atoms. The highest BCUT2D eigenvalue weighted by atomic mass is 19.1. The number of halogens is 1. The van der Waals surface area contributed by atoms with Crippen LogP contribution in [0.3, 0.4) is 0 Å². The first-order valence-electron chi connectivity index (χ1n) is 10.2. The molecule has 164 valence electrons. The molecule has 0 saturated carbocycles. The van der Waals surface area contributed by atoms with Gasteiger partial charge in [-0.1, -0.05) is 18.2 Å². The van der Waals surface area contributed by atoms with Crippen LogP contribution in [-0.4, -0.2) is 35.2 Å². The monoisotopic (exact) mass is 433 g/mol. The van der Waals surface area contributed by atoms with Crippen molar-refractivity contribution in [3.63, 3.8) is 0 Å². The molecular weight excluding hydrogens is 409 g/mol. The minimum atomic E-state index is -0.398. The first-order chi connectivity index (χ1) is 15.3. The Morgan fingerprint density at radius 2 is 1.34 bits per heavy atom. The predicted octanol–water partition coefficient (Wildman–Crippen LogP) is 4.57. The summed E-state index contributed by atoms with van der Waals surface area (Å²) in [5.41, 5.74) is 1.93. The molecule has 0 radical (unpaired) electrons. The van der Waals surface area contributed by atoms with Crippen LogP contribution in [0.15, 0.2) is 78.9 Å². The van der Waals surface area contributed by atoms with E-state index >= 15 is 0 Å². The second-order valence-corrected chi connectivity index (χ2v) is 7.48. The first kappa shape index (κ1) is 22.7. The highest BCUT2D eigenvalue weighted by Crippen LogP contribution is 2.15. The highest BCUT2D eigenvalue weighted by Gasteiger charge is 2.22. The van der Waals surface area contributed by atoms with Crippen LogP contribution in [0.1, 0.15) is 34.6 Å². The normalized spacial score (nSPS) is 10.5. The van der Waals surface area contributed by atoms with Gasteiger partial charge in [-0.05, 0) is 74.5 Å². The van der Waals surface area contributed by atoms with Crippen LogP contribution in [-0.2, 0) is 4.79 Å². The summed E-state index contributed by atoms with van der Waals surface area (Å²) >= 11 is 0. The maximum absolute atomic E-state index is 13.0. The van der Waals surface area contributed by atoms with E-state index in [1.165, 1.54) is 29.2 Å². The van der Waals surface area contributed by atoms with Gasteiger partial charge in [-0.2, -0.15) is 0 Å². The van der Waals surface area contributed by atoms with Crippen LogP contribution in [0, 0.1) is 5.82 Å². The molecule has 7 heteroatoms. The Kier molecular flexibility index (Phi) is 7.33. The summed E-state index contributed by atoms with van der Waals surface area (Å²) in [6.45, 7) is 3.48. The lowest BCUT2D eigenvalue weighted by atomic mass is 10.1. The van der Waals surface area contributed by atoms with E-state index in [1.54, 1.807) is 48.5 Å². The van der Waals surface area contributed by atoms with Crippen molar-refractivity contribution in [1.82, 2.24) is 4.90 Å². The molecule has 3 amide bonds. The molecule has 2 N–H and O–H groups in total. The SMILES string of the molecule is CC(C)N(CC(=O)Nc1ccc(F)cc1)C(=O)c1ccc(NC(=O)c2ccccc2)cc1. The lowest BCUT2D eigenvalue weighted by Crippen LogP contribution is -2.42. The van der Waals surface area contributed by atoms with Gasteiger partial charge in [0.25, 0.3) is 11.8 Å². The summed E-state index contributed by atoms with van der Waals surface area (Å²) in [5, 5.41) is 5.45. The van der Waals surface area contributed by atoms with Crippen molar-refractivity contribution < 1.29 is 18.8 Å². The molecule has 0 aliphatic rings. The fraction of sp³-hybridized carbons (Fsp3) is 0.160. The number of hydrogen-bond donors (Lipinski definition) is 2. The molecule has 0 fully saturated rings. The van der Waals surface area contributed by atoms with E-state index in [1.807, 2.05) is 19.9 Å². The van der Waals surface area contributed by atoms with Crippen molar-refractivity contribution >= 4 is 29.1 Å². The average Bonchev–Trinajstić information content (AvgIpc) is 2.79. The minimum Gasteiger partial charge on any atom is -0.327 e.